The van der Waals surface area contributed by atoms with Gasteiger partial charge < -0.3 is 24.0 Å². The summed E-state index contributed by atoms with van der Waals surface area (Å²) in [5, 5.41) is 0. The van der Waals surface area contributed by atoms with Crippen molar-refractivity contribution < 1.29 is 19.0 Å². The number of nitrogens with zero attached hydrogens (tertiary/aromatic N) is 2. The second-order valence-electron chi connectivity index (χ2n) is 9.72. The fourth-order valence-corrected chi connectivity index (χ4v) is 5.46. The number of hydrogen-bond acceptors (Lipinski definition) is 5. The van der Waals surface area contributed by atoms with Crippen LogP contribution in [0.1, 0.15) is 44.1 Å². The van der Waals surface area contributed by atoms with Crippen molar-refractivity contribution in [1.29, 1.82) is 0 Å². The standard InChI is InChI=1S/C29H36N2O4/c1-33-27-14-13-23(19-28(27)35-25-10-5-6-11-25)30-15-16-31(29(32)20-26-12-7-17-34-26)24(21-30)18-22-8-3-2-4-9-22/h2-4,8-9,12-14,19,24-25H,5-7,10-11,15-18,20-21H2,1H3/t24-/m0/s1. The third kappa shape index (κ3) is 5.75. The molecule has 0 aromatic heterocycles. The quantitative estimate of drug-likeness (QED) is 0.538. The Bertz CT molecular complexity index is 1030. The molecule has 186 valence electrons. The van der Waals surface area contributed by atoms with Crippen LogP contribution < -0.4 is 14.4 Å². The molecule has 2 aromatic carbocycles. The van der Waals surface area contributed by atoms with E-state index in [1.165, 1.54) is 18.4 Å². The number of piperazine rings is 1. The maximum atomic E-state index is 13.3. The molecule has 2 aliphatic heterocycles. The van der Waals surface area contributed by atoms with E-state index in [4.69, 9.17) is 14.2 Å². The van der Waals surface area contributed by atoms with E-state index in [1.807, 2.05) is 18.2 Å². The molecule has 3 aliphatic rings. The lowest BCUT2D eigenvalue weighted by Crippen LogP contribution is -2.56. The van der Waals surface area contributed by atoms with Crippen molar-refractivity contribution in [1.82, 2.24) is 4.90 Å². The van der Waals surface area contributed by atoms with E-state index < -0.39 is 0 Å². The monoisotopic (exact) mass is 476 g/mol. The molecular weight excluding hydrogens is 440 g/mol. The molecule has 1 saturated heterocycles. The van der Waals surface area contributed by atoms with Gasteiger partial charge in [0.1, 0.15) is 5.76 Å². The van der Waals surface area contributed by atoms with E-state index in [2.05, 4.69) is 46.2 Å². The van der Waals surface area contributed by atoms with Crippen LogP contribution in [0.5, 0.6) is 11.5 Å². The summed E-state index contributed by atoms with van der Waals surface area (Å²) < 4.78 is 17.6. The van der Waals surface area contributed by atoms with Crippen molar-refractivity contribution in [3.63, 3.8) is 0 Å². The first-order chi connectivity index (χ1) is 17.2. The number of carbonyl (C=O) groups excluding carboxylic acids is 1. The van der Waals surface area contributed by atoms with Crippen LogP contribution in [0.15, 0.2) is 60.4 Å². The van der Waals surface area contributed by atoms with Gasteiger partial charge in [0.25, 0.3) is 0 Å². The predicted octanol–water partition coefficient (Wildman–Crippen LogP) is 4.97. The van der Waals surface area contributed by atoms with E-state index in [9.17, 15) is 4.79 Å². The fourth-order valence-electron chi connectivity index (χ4n) is 5.46. The van der Waals surface area contributed by atoms with Crippen molar-refractivity contribution in [2.24, 2.45) is 0 Å². The Morgan fingerprint density at radius 3 is 2.63 bits per heavy atom. The van der Waals surface area contributed by atoms with Gasteiger partial charge in [0.15, 0.2) is 11.5 Å². The molecule has 0 radical (unpaired) electrons. The molecule has 2 fully saturated rings. The molecule has 6 heteroatoms. The maximum Gasteiger partial charge on any atom is 0.230 e. The summed E-state index contributed by atoms with van der Waals surface area (Å²) in [6.07, 6.45) is 9.05. The molecule has 0 bridgehead atoms. The predicted molar refractivity (Wildman–Crippen MR) is 137 cm³/mol. The molecule has 5 rings (SSSR count). The summed E-state index contributed by atoms with van der Waals surface area (Å²) in [5.41, 5.74) is 2.36. The average molecular weight is 477 g/mol. The summed E-state index contributed by atoms with van der Waals surface area (Å²) in [6, 6.07) is 16.8. The highest BCUT2D eigenvalue weighted by atomic mass is 16.5. The molecule has 6 nitrogen and oxygen atoms in total. The zero-order chi connectivity index (χ0) is 24.0. The number of rotatable bonds is 8. The van der Waals surface area contributed by atoms with Gasteiger partial charge in [0, 0.05) is 37.8 Å². The smallest absolute Gasteiger partial charge is 0.230 e. The number of ether oxygens (including phenoxy) is 3. The van der Waals surface area contributed by atoms with Crippen molar-refractivity contribution in [3.05, 3.63) is 65.9 Å². The summed E-state index contributed by atoms with van der Waals surface area (Å²) in [5.74, 6) is 2.57. The first-order valence-corrected chi connectivity index (χ1v) is 12.9. The Morgan fingerprint density at radius 1 is 1.06 bits per heavy atom. The Hall–Kier alpha value is -3.15. The zero-order valence-electron chi connectivity index (χ0n) is 20.7. The highest BCUT2D eigenvalue weighted by Crippen LogP contribution is 2.36. The number of benzene rings is 2. The highest BCUT2D eigenvalue weighted by molar-refractivity contribution is 5.79. The molecular formula is C29H36N2O4. The molecule has 0 spiro atoms. The lowest BCUT2D eigenvalue weighted by Gasteiger charge is -2.43. The average Bonchev–Trinajstić information content (AvgIpc) is 3.59. The van der Waals surface area contributed by atoms with Crippen molar-refractivity contribution >= 4 is 11.6 Å². The van der Waals surface area contributed by atoms with Crippen molar-refractivity contribution in [3.8, 4) is 11.5 Å². The minimum absolute atomic E-state index is 0.0851. The third-order valence-electron chi connectivity index (χ3n) is 7.33. The van der Waals surface area contributed by atoms with Crippen molar-refractivity contribution in [2.75, 3.05) is 38.3 Å². The number of methoxy groups -OCH3 is 1. The van der Waals surface area contributed by atoms with Crippen molar-refractivity contribution in [2.45, 2.75) is 57.1 Å². The summed E-state index contributed by atoms with van der Waals surface area (Å²) in [7, 11) is 1.69. The number of amides is 1. The molecule has 1 aliphatic carbocycles. The molecule has 1 amide bonds. The lowest BCUT2D eigenvalue weighted by atomic mass is 10.0. The third-order valence-corrected chi connectivity index (χ3v) is 7.33. The lowest BCUT2D eigenvalue weighted by molar-refractivity contribution is -0.133. The van der Waals surface area contributed by atoms with E-state index in [0.717, 1.165) is 61.7 Å². The van der Waals surface area contributed by atoms with Gasteiger partial charge in [-0.3, -0.25) is 4.79 Å². The second-order valence-corrected chi connectivity index (χ2v) is 9.72. The Balaban J connectivity index is 1.34. The van der Waals surface area contributed by atoms with Gasteiger partial charge in [-0.1, -0.05) is 30.3 Å². The zero-order valence-corrected chi connectivity index (χ0v) is 20.7. The first-order valence-electron chi connectivity index (χ1n) is 12.9. The van der Waals surface area contributed by atoms with Crippen LogP contribution in [0.4, 0.5) is 5.69 Å². The first kappa shape index (κ1) is 23.6. The van der Waals surface area contributed by atoms with Crippen LogP contribution in [0.25, 0.3) is 0 Å². The molecule has 0 unspecified atom stereocenters. The normalized spacial score (nSPS) is 20.5. The summed E-state index contributed by atoms with van der Waals surface area (Å²) in [4.78, 5) is 17.7. The van der Waals surface area contributed by atoms with Crippen LogP contribution in [-0.4, -0.2) is 56.3 Å². The molecule has 1 saturated carbocycles. The van der Waals surface area contributed by atoms with E-state index in [1.54, 1.807) is 7.11 Å². The molecule has 0 N–H and O–H groups in total. The summed E-state index contributed by atoms with van der Waals surface area (Å²) >= 11 is 0. The number of anilines is 1. The van der Waals surface area contributed by atoms with Gasteiger partial charge in [-0.05, 0) is 55.9 Å². The summed E-state index contributed by atoms with van der Waals surface area (Å²) in [6.45, 7) is 2.93. The largest absolute Gasteiger partial charge is 0.497 e. The van der Waals surface area contributed by atoms with E-state index in [0.29, 0.717) is 19.6 Å². The maximum absolute atomic E-state index is 13.3. The van der Waals surface area contributed by atoms with Crippen LogP contribution in [0.2, 0.25) is 0 Å². The number of carbonyl (C=O) groups is 1. The highest BCUT2D eigenvalue weighted by Gasteiger charge is 2.32. The van der Waals surface area contributed by atoms with Gasteiger partial charge in [0.05, 0.1) is 32.3 Å². The Kier molecular flexibility index (Phi) is 7.45. The Labute approximate surface area is 208 Å². The minimum atomic E-state index is 0.0851. The van der Waals surface area contributed by atoms with Crippen LogP contribution in [0, 0.1) is 0 Å². The molecule has 2 heterocycles. The topological polar surface area (TPSA) is 51.2 Å². The molecule has 2 aromatic rings. The number of hydrogen-bond donors (Lipinski definition) is 0. The van der Waals surface area contributed by atoms with Crippen LogP contribution >= 0.6 is 0 Å². The van der Waals surface area contributed by atoms with Crippen LogP contribution in [0.3, 0.4) is 0 Å². The SMILES string of the molecule is COc1ccc(N2CCN(C(=O)CC3=CCCO3)[C@@H](Cc3ccccc3)C2)cc1OC1CCCC1. The Morgan fingerprint density at radius 2 is 1.89 bits per heavy atom. The second kappa shape index (κ2) is 11.1. The van der Waals surface area contributed by atoms with Gasteiger partial charge in [0.2, 0.25) is 5.91 Å². The van der Waals surface area contributed by atoms with Gasteiger partial charge >= 0.3 is 0 Å². The van der Waals surface area contributed by atoms with E-state index >= 15 is 0 Å². The fraction of sp³-hybridized carbons (Fsp3) is 0.483. The van der Waals surface area contributed by atoms with Gasteiger partial charge in [-0.2, -0.15) is 0 Å². The van der Waals surface area contributed by atoms with E-state index in [-0.39, 0.29) is 18.1 Å². The van der Waals surface area contributed by atoms with Gasteiger partial charge in [-0.15, -0.1) is 0 Å². The van der Waals surface area contributed by atoms with Gasteiger partial charge in [-0.25, -0.2) is 0 Å². The molecule has 1 atom stereocenters. The minimum Gasteiger partial charge on any atom is -0.497 e. The van der Waals surface area contributed by atoms with Crippen LogP contribution in [-0.2, 0) is 16.0 Å². The molecule has 35 heavy (non-hydrogen) atoms.